The zero-order valence-corrected chi connectivity index (χ0v) is 15.4. The summed E-state index contributed by atoms with van der Waals surface area (Å²) in [6, 6.07) is 10.9. The van der Waals surface area contributed by atoms with E-state index in [0.717, 1.165) is 12.8 Å². The molecule has 0 atom stereocenters. The number of unbranched alkanes of at least 4 members (excludes halogenated alkanes) is 1. The zero-order valence-electron chi connectivity index (χ0n) is 14.7. The fraction of sp³-hybridized carbons (Fsp3) is 0.263. The summed E-state index contributed by atoms with van der Waals surface area (Å²) in [6.07, 6.45) is 1.79. The van der Waals surface area contributed by atoms with Crippen molar-refractivity contribution >= 4 is 35.0 Å². The Hall–Kier alpha value is -2.73. The standard InChI is InChI=1S/C19H21ClN2O4/c1-3-4-11-26-18(23)13-5-8-15(9-6-13)21-19(24)22-16-12-14(20)7-10-17(16)25-2/h5-10,12H,3-4,11H2,1-2H3,(H2,21,22,24). The Bertz CT molecular complexity index is 763. The number of ether oxygens (including phenoxy) is 2. The highest BCUT2D eigenvalue weighted by molar-refractivity contribution is 6.31. The van der Waals surface area contributed by atoms with Crippen LogP contribution in [0.4, 0.5) is 16.2 Å². The predicted molar refractivity (Wildman–Crippen MR) is 102 cm³/mol. The van der Waals surface area contributed by atoms with Crippen LogP contribution in [0.15, 0.2) is 42.5 Å². The maximum atomic E-state index is 12.1. The molecule has 0 bridgehead atoms. The van der Waals surface area contributed by atoms with Crippen LogP contribution in [0.5, 0.6) is 5.75 Å². The fourth-order valence-corrected chi connectivity index (χ4v) is 2.32. The summed E-state index contributed by atoms with van der Waals surface area (Å²) in [7, 11) is 1.50. The molecule has 0 fully saturated rings. The number of rotatable bonds is 7. The van der Waals surface area contributed by atoms with Crippen LogP contribution in [-0.4, -0.2) is 25.7 Å². The van der Waals surface area contributed by atoms with Gasteiger partial charge >= 0.3 is 12.0 Å². The normalized spacial score (nSPS) is 10.1. The van der Waals surface area contributed by atoms with Crippen molar-refractivity contribution < 1.29 is 19.1 Å². The Labute approximate surface area is 157 Å². The molecule has 6 nitrogen and oxygen atoms in total. The van der Waals surface area contributed by atoms with E-state index in [0.29, 0.717) is 34.3 Å². The van der Waals surface area contributed by atoms with E-state index in [4.69, 9.17) is 21.1 Å². The molecule has 0 radical (unpaired) electrons. The second kappa shape index (κ2) is 9.68. The van der Waals surface area contributed by atoms with Crippen LogP contribution in [0, 0.1) is 0 Å². The lowest BCUT2D eigenvalue weighted by Crippen LogP contribution is -2.19. The molecule has 0 aromatic heterocycles. The van der Waals surface area contributed by atoms with Gasteiger partial charge in [-0.1, -0.05) is 24.9 Å². The average Bonchev–Trinajstić information content (AvgIpc) is 2.62. The number of hydrogen-bond acceptors (Lipinski definition) is 4. The van der Waals surface area contributed by atoms with E-state index in [2.05, 4.69) is 10.6 Å². The highest BCUT2D eigenvalue weighted by Gasteiger charge is 2.10. The van der Waals surface area contributed by atoms with Crippen LogP contribution in [0.2, 0.25) is 5.02 Å². The molecule has 2 aromatic carbocycles. The van der Waals surface area contributed by atoms with E-state index < -0.39 is 6.03 Å². The lowest BCUT2D eigenvalue weighted by Gasteiger charge is -2.12. The molecule has 0 aliphatic carbocycles. The first kappa shape index (κ1) is 19.6. The number of hydrogen-bond donors (Lipinski definition) is 2. The van der Waals surface area contributed by atoms with Crippen LogP contribution in [0.1, 0.15) is 30.1 Å². The predicted octanol–water partition coefficient (Wildman–Crippen LogP) is 4.95. The van der Waals surface area contributed by atoms with Gasteiger partial charge in [0.15, 0.2) is 0 Å². The monoisotopic (exact) mass is 376 g/mol. The van der Waals surface area contributed by atoms with Crippen LogP contribution in [0.3, 0.4) is 0 Å². The van der Waals surface area contributed by atoms with Crippen molar-refractivity contribution in [1.82, 2.24) is 0 Å². The minimum Gasteiger partial charge on any atom is -0.495 e. The molecule has 2 N–H and O–H groups in total. The van der Waals surface area contributed by atoms with E-state index in [9.17, 15) is 9.59 Å². The van der Waals surface area contributed by atoms with Gasteiger partial charge in [0, 0.05) is 10.7 Å². The molecule has 2 amide bonds. The van der Waals surface area contributed by atoms with Gasteiger partial charge in [0.1, 0.15) is 5.75 Å². The highest BCUT2D eigenvalue weighted by Crippen LogP contribution is 2.27. The van der Waals surface area contributed by atoms with Crippen molar-refractivity contribution in [2.45, 2.75) is 19.8 Å². The van der Waals surface area contributed by atoms with E-state index in [-0.39, 0.29) is 5.97 Å². The van der Waals surface area contributed by atoms with Gasteiger partial charge in [0.25, 0.3) is 0 Å². The molecule has 138 valence electrons. The van der Waals surface area contributed by atoms with Gasteiger partial charge in [-0.3, -0.25) is 0 Å². The first-order valence-electron chi connectivity index (χ1n) is 8.22. The fourth-order valence-electron chi connectivity index (χ4n) is 2.14. The summed E-state index contributed by atoms with van der Waals surface area (Å²) in [5, 5.41) is 5.83. The zero-order chi connectivity index (χ0) is 18.9. The van der Waals surface area contributed by atoms with Crippen molar-refractivity contribution in [1.29, 1.82) is 0 Å². The number of carbonyl (C=O) groups excluding carboxylic acids is 2. The number of urea groups is 1. The largest absolute Gasteiger partial charge is 0.495 e. The summed E-state index contributed by atoms with van der Waals surface area (Å²) in [4.78, 5) is 24.0. The molecule has 2 aromatic rings. The Morgan fingerprint density at radius 2 is 1.81 bits per heavy atom. The first-order chi connectivity index (χ1) is 12.5. The molecule has 0 unspecified atom stereocenters. The highest BCUT2D eigenvalue weighted by atomic mass is 35.5. The number of methoxy groups -OCH3 is 1. The summed E-state index contributed by atoms with van der Waals surface area (Å²) >= 11 is 5.94. The third kappa shape index (κ3) is 5.67. The van der Waals surface area contributed by atoms with Crippen molar-refractivity contribution in [2.24, 2.45) is 0 Å². The SMILES string of the molecule is CCCCOC(=O)c1ccc(NC(=O)Nc2cc(Cl)ccc2OC)cc1. The van der Waals surface area contributed by atoms with E-state index in [1.54, 1.807) is 42.5 Å². The van der Waals surface area contributed by atoms with Crippen molar-refractivity contribution in [3.63, 3.8) is 0 Å². The average molecular weight is 377 g/mol. The minimum atomic E-state index is -0.455. The summed E-state index contributed by atoms with van der Waals surface area (Å²) in [5.74, 6) is 0.118. The van der Waals surface area contributed by atoms with Crippen molar-refractivity contribution in [3.8, 4) is 5.75 Å². The van der Waals surface area contributed by atoms with Crippen LogP contribution in [0.25, 0.3) is 0 Å². The van der Waals surface area contributed by atoms with Crippen molar-refractivity contribution in [3.05, 3.63) is 53.1 Å². The summed E-state index contributed by atoms with van der Waals surface area (Å²) in [5.41, 5.74) is 1.42. The van der Waals surface area contributed by atoms with Crippen LogP contribution in [-0.2, 0) is 4.74 Å². The Balaban J connectivity index is 1.95. The third-order valence-electron chi connectivity index (χ3n) is 3.52. The second-order valence-corrected chi connectivity index (χ2v) is 5.93. The van der Waals surface area contributed by atoms with E-state index in [1.165, 1.54) is 7.11 Å². The molecular weight excluding hydrogens is 356 g/mol. The topological polar surface area (TPSA) is 76.7 Å². The maximum absolute atomic E-state index is 12.1. The van der Waals surface area contributed by atoms with Gasteiger partial charge in [-0.05, 0) is 48.9 Å². The Kier molecular flexibility index (Phi) is 7.29. The number of carbonyl (C=O) groups is 2. The molecule has 2 rings (SSSR count). The minimum absolute atomic E-state index is 0.377. The smallest absolute Gasteiger partial charge is 0.338 e. The molecule has 0 heterocycles. The molecule has 0 aliphatic heterocycles. The maximum Gasteiger partial charge on any atom is 0.338 e. The van der Waals surface area contributed by atoms with Gasteiger partial charge in [0.2, 0.25) is 0 Å². The van der Waals surface area contributed by atoms with Crippen molar-refractivity contribution in [2.75, 3.05) is 24.4 Å². The lowest BCUT2D eigenvalue weighted by atomic mass is 10.2. The quantitative estimate of drug-likeness (QED) is 0.529. The van der Waals surface area contributed by atoms with Gasteiger partial charge < -0.3 is 20.1 Å². The van der Waals surface area contributed by atoms with E-state index >= 15 is 0 Å². The second-order valence-electron chi connectivity index (χ2n) is 5.49. The van der Waals surface area contributed by atoms with Gasteiger partial charge in [0.05, 0.1) is 25.0 Å². The number of benzene rings is 2. The molecule has 0 saturated carbocycles. The van der Waals surface area contributed by atoms with Crippen LogP contribution < -0.4 is 15.4 Å². The summed E-state index contributed by atoms with van der Waals surface area (Å²) in [6.45, 7) is 2.43. The number of amides is 2. The molecule has 0 spiro atoms. The van der Waals surface area contributed by atoms with Gasteiger partial charge in [-0.2, -0.15) is 0 Å². The number of anilines is 2. The Morgan fingerprint density at radius 1 is 1.08 bits per heavy atom. The molecular formula is C19H21ClN2O4. The number of halogens is 1. The first-order valence-corrected chi connectivity index (χ1v) is 8.60. The third-order valence-corrected chi connectivity index (χ3v) is 3.75. The summed E-state index contributed by atoms with van der Waals surface area (Å²) < 4.78 is 10.3. The lowest BCUT2D eigenvalue weighted by molar-refractivity contribution is 0.0500. The number of esters is 1. The van der Waals surface area contributed by atoms with Gasteiger partial charge in [-0.25, -0.2) is 9.59 Å². The molecule has 0 aliphatic rings. The van der Waals surface area contributed by atoms with Gasteiger partial charge in [-0.15, -0.1) is 0 Å². The molecule has 7 heteroatoms. The van der Waals surface area contributed by atoms with E-state index in [1.807, 2.05) is 6.92 Å². The van der Waals surface area contributed by atoms with Crippen LogP contribution >= 0.6 is 11.6 Å². The molecule has 26 heavy (non-hydrogen) atoms. The Morgan fingerprint density at radius 3 is 2.46 bits per heavy atom. The molecule has 0 saturated heterocycles. The number of nitrogens with one attached hydrogen (secondary N) is 2.